The van der Waals surface area contributed by atoms with Gasteiger partial charge in [0.1, 0.15) is 16.5 Å². The van der Waals surface area contributed by atoms with Crippen molar-refractivity contribution >= 4 is 10.0 Å². The number of sulfonamides is 1. The zero-order valence-electron chi connectivity index (χ0n) is 9.47. The first-order valence-electron chi connectivity index (χ1n) is 4.88. The quantitative estimate of drug-likeness (QED) is 0.811. The molecule has 1 aromatic carbocycles. The standard InChI is InChI=1S/C10H14FNO4S/c1-7(13)6-12-17(14,15)10-4-3-8(16-2)5-9(10)11/h3-5,7,12-13H,6H2,1-2H3/t7-/m1/s1. The molecule has 1 atom stereocenters. The van der Waals surface area contributed by atoms with Gasteiger partial charge in [-0.05, 0) is 19.1 Å². The summed E-state index contributed by atoms with van der Waals surface area (Å²) in [5.74, 6) is -0.667. The molecule has 0 saturated carbocycles. The van der Waals surface area contributed by atoms with E-state index < -0.39 is 26.8 Å². The van der Waals surface area contributed by atoms with Crippen molar-refractivity contribution in [2.24, 2.45) is 0 Å². The SMILES string of the molecule is COc1ccc(S(=O)(=O)NC[C@@H](C)O)c(F)c1. The average molecular weight is 263 g/mol. The highest BCUT2D eigenvalue weighted by atomic mass is 32.2. The Hall–Kier alpha value is -1.18. The van der Waals surface area contributed by atoms with E-state index in [9.17, 15) is 12.8 Å². The number of hydrogen-bond acceptors (Lipinski definition) is 4. The lowest BCUT2D eigenvalue weighted by atomic mass is 10.3. The zero-order chi connectivity index (χ0) is 13.1. The summed E-state index contributed by atoms with van der Waals surface area (Å²) in [5, 5.41) is 8.97. The van der Waals surface area contributed by atoms with E-state index in [1.807, 2.05) is 0 Å². The van der Waals surface area contributed by atoms with E-state index in [0.717, 1.165) is 12.1 Å². The molecule has 0 saturated heterocycles. The highest BCUT2D eigenvalue weighted by molar-refractivity contribution is 7.89. The van der Waals surface area contributed by atoms with Gasteiger partial charge >= 0.3 is 0 Å². The van der Waals surface area contributed by atoms with Crippen molar-refractivity contribution in [1.82, 2.24) is 4.72 Å². The van der Waals surface area contributed by atoms with Gasteiger partial charge in [-0.25, -0.2) is 17.5 Å². The van der Waals surface area contributed by atoms with Gasteiger partial charge in [-0.3, -0.25) is 0 Å². The Morgan fingerprint density at radius 3 is 2.65 bits per heavy atom. The number of halogens is 1. The molecule has 0 heterocycles. The molecule has 7 heteroatoms. The van der Waals surface area contributed by atoms with Crippen LogP contribution in [0.25, 0.3) is 0 Å². The molecule has 1 aromatic rings. The van der Waals surface area contributed by atoms with Gasteiger partial charge in [0, 0.05) is 12.6 Å². The van der Waals surface area contributed by atoms with E-state index in [1.165, 1.54) is 20.1 Å². The Morgan fingerprint density at radius 2 is 2.18 bits per heavy atom. The fourth-order valence-electron chi connectivity index (χ4n) is 1.13. The summed E-state index contributed by atoms with van der Waals surface area (Å²) < 4.78 is 43.7. The minimum Gasteiger partial charge on any atom is -0.497 e. The second-order valence-corrected chi connectivity index (χ2v) is 5.23. The van der Waals surface area contributed by atoms with Crippen molar-refractivity contribution in [2.75, 3.05) is 13.7 Å². The van der Waals surface area contributed by atoms with Gasteiger partial charge in [0.25, 0.3) is 0 Å². The highest BCUT2D eigenvalue weighted by Crippen LogP contribution is 2.19. The first kappa shape index (κ1) is 13.9. The minimum absolute atomic E-state index is 0.173. The number of ether oxygens (including phenoxy) is 1. The van der Waals surface area contributed by atoms with Gasteiger partial charge in [-0.1, -0.05) is 0 Å². The molecule has 5 nitrogen and oxygen atoms in total. The molecule has 0 bridgehead atoms. The van der Waals surface area contributed by atoms with Crippen LogP contribution >= 0.6 is 0 Å². The molecule has 0 radical (unpaired) electrons. The molecule has 0 aliphatic heterocycles. The second kappa shape index (κ2) is 5.44. The van der Waals surface area contributed by atoms with Crippen LogP contribution in [0, 0.1) is 5.82 Å². The van der Waals surface area contributed by atoms with Crippen LogP contribution in [0.2, 0.25) is 0 Å². The van der Waals surface area contributed by atoms with Crippen molar-refractivity contribution < 1.29 is 22.7 Å². The molecular weight excluding hydrogens is 249 g/mol. The van der Waals surface area contributed by atoms with Gasteiger partial charge in [0.2, 0.25) is 10.0 Å². The van der Waals surface area contributed by atoms with Crippen LogP contribution in [0.3, 0.4) is 0 Å². The van der Waals surface area contributed by atoms with E-state index >= 15 is 0 Å². The average Bonchev–Trinajstić information content (AvgIpc) is 2.26. The molecule has 0 aromatic heterocycles. The fraction of sp³-hybridized carbons (Fsp3) is 0.400. The third-order valence-corrected chi connectivity index (χ3v) is 3.45. The third kappa shape index (κ3) is 3.65. The van der Waals surface area contributed by atoms with Gasteiger partial charge in [0.05, 0.1) is 13.2 Å². The summed E-state index contributed by atoms with van der Waals surface area (Å²) in [6.45, 7) is 1.25. The monoisotopic (exact) mass is 263 g/mol. The number of rotatable bonds is 5. The summed E-state index contributed by atoms with van der Waals surface area (Å²) in [6.07, 6.45) is -0.842. The molecule has 96 valence electrons. The van der Waals surface area contributed by atoms with E-state index in [1.54, 1.807) is 0 Å². The Morgan fingerprint density at radius 1 is 1.53 bits per heavy atom. The zero-order valence-corrected chi connectivity index (χ0v) is 10.3. The van der Waals surface area contributed by atoms with Crippen LogP contribution in [-0.2, 0) is 10.0 Å². The predicted molar refractivity (Wildman–Crippen MR) is 59.8 cm³/mol. The number of methoxy groups -OCH3 is 1. The first-order valence-corrected chi connectivity index (χ1v) is 6.36. The molecule has 0 aliphatic rings. The number of aliphatic hydroxyl groups is 1. The maximum Gasteiger partial charge on any atom is 0.243 e. The van der Waals surface area contributed by atoms with Crippen molar-refractivity contribution in [3.8, 4) is 5.75 Å². The minimum atomic E-state index is -3.95. The predicted octanol–water partition coefficient (Wildman–Crippen LogP) is 0.493. The van der Waals surface area contributed by atoms with Gasteiger partial charge < -0.3 is 9.84 Å². The number of benzene rings is 1. The Balaban J connectivity index is 2.99. The van der Waals surface area contributed by atoms with E-state index in [-0.39, 0.29) is 12.3 Å². The summed E-state index contributed by atoms with van der Waals surface area (Å²) in [5.41, 5.74) is 0. The van der Waals surface area contributed by atoms with Gasteiger partial charge in [-0.2, -0.15) is 0 Å². The van der Waals surface area contributed by atoms with Crippen molar-refractivity contribution in [3.63, 3.8) is 0 Å². The smallest absolute Gasteiger partial charge is 0.243 e. The van der Waals surface area contributed by atoms with Gasteiger partial charge in [-0.15, -0.1) is 0 Å². The molecule has 1 rings (SSSR count). The third-order valence-electron chi connectivity index (χ3n) is 2.00. The highest BCUT2D eigenvalue weighted by Gasteiger charge is 2.19. The molecule has 0 amide bonds. The molecule has 0 fully saturated rings. The topological polar surface area (TPSA) is 75.6 Å². The summed E-state index contributed by atoms with van der Waals surface area (Å²) >= 11 is 0. The van der Waals surface area contributed by atoms with Crippen molar-refractivity contribution in [2.45, 2.75) is 17.9 Å². The first-order chi connectivity index (χ1) is 7.86. The van der Waals surface area contributed by atoms with E-state index in [2.05, 4.69) is 4.72 Å². The Kier molecular flexibility index (Phi) is 4.44. The molecule has 0 unspecified atom stereocenters. The van der Waals surface area contributed by atoms with Crippen LogP contribution < -0.4 is 9.46 Å². The number of hydrogen-bond donors (Lipinski definition) is 2. The Bertz CT molecular complexity index is 487. The summed E-state index contributed by atoms with van der Waals surface area (Å²) in [7, 11) is -2.60. The van der Waals surface area contributed by atoms with Crippen molar-refractivity contribution in [1.29, 1.82) is 0 Å². The number of aliphatic hydroxyl groups excluding tert-OH is 1. The van der Waals surface area contributed by atoms with E-state index in [0.29, 0.717) is 0 Å². The molecule has 0 aliphatic carbocycles. The number of nitrogens with one attached hydrogen (secondary N) is 1. The summed E-state index contributed by atoms with van der Waals surface area (Å²) in [6, 6.07) is 3.44. The molecule has 2 N–H and O–H groups in total. The maximum absolute atomic E-state index is 13.5. The maximum atomic E-state index is 13.5. The summed E-state index contributed by atoms with van der Waals surface area (Å²) in [4.78, 5) is -0.473. The lowest BCUT2D eigenvalue weighted by Gasteiger charge is -2.09. The van der Waals surface area contributed by atoms with Crippen LogP contribution in [0.1, 0.15) is 6.92 Å². The Labute approximate surface area is 99.3 Å². The van der Waals surface area contributed by atoms with Crippen LogP contribution in [0.4, 0.5) is 4.39 Å². The van der Waals surface area contributed by atoms with Crippen LogP contribution in [-0.4, -0.2) is 33.3 Å². The van der Waals surface area contributed by atoms with Crippen LogP contribution in [0.15, 0.2) is 23.1 Å². The van der Waals surface area contributed by atoms with Crippen LogP contribution in [0.5, 0.6) is 5.75 Å². The second-order valence-electron chi connectivity index (χ2n) is 3.50. The largest absolute Gasteiger partial charge is 0.497 e. The lowest BCUT2D eigenvalue weighted by molar-refractivity contribution is 0.198. The normalized spacial score (nSPS) is 13.4. The lowest BCUT2D eigenvalue weighted by Crippen LogP contribution is -2.31. The molecular formula is C10H14FNO4S. The molecule has 17 heavy (non-hydrogen) atoms. The van der Waals surface area contributed by atoms with Crippen molar-refractivity contribution in [3.05, 3.63) is 24.0 Å². The van der Waals surface area contributed by atoms with E-state index in [4.69, 9.17) is 9.84 Å². The molecule has 0 spiro atoms. The van der Waals surface area contributed by atoms with Gasteiger partial charge in [0.15, 0.2) is 0 Å². The fourth-order valence-corrected chi connectivity index (χ4v) is 2.31.